The third kappa shape index (κ3) is 3.83. The van der Waals surface area contributed by atoms with Crippen molar-refractivity contribution in [3.63, 3.8) is 0 Å². The third-order valence-electron chi connectivity index (χ3n) is 3.37. The molecule has 24 heavy (non-hydrogen) atoms. The topological polar surface area (TPSA) is 57.0 Å². The van der Waals surface area contributed by atoms with Crippen molar-refractivity contribution in [2.45, 2.75) is 12.1 Å². The van der Waals surface area contributed by atoms with Crippen molar-refractivity contribution in [1.82, 2.24) is 14.8 Å². The average Bonchev–Trinajstić information content (AvgIpc) is 3.00. The zero-order chi connectivity index (χ0) is 16.8. The number of para-hydroxylation sites is 1. The van der Waals surface area contributed by atoms with E-state index in [-0.39, 0.29) is 5.97 Å². The molecule has 0 fully saturated rings. The Hall–Kier alpha value is -2.60. The molecule has 0 aliphatic heterocycles. The minimum absolute atomic E-state index is 0.308. The van der Waals surface area contributed by atoms with Gasteiger partial charge < -0.3 is 4.74 Å². The van der Waals surface area contributed by atoms with E-state index < -0.39 is 0 Å². The van der Waals surface area contributed by atoms with Crippen LogP contribution in [0.4, 0.5) is 0 Å². The van der Waals surface area contributed by atoms with E-state index in [1.54, 1.807) is 12.1 Å². The lowest BCUT2D eigenvalue weighted by Gasteiger charge is -2.08. The second-order valence-corrected chi connectivity index (χ2v) is 6.11. The first kappa shape index (κ1) is 16.3. The lowest BCUT2D eigenvalue weighted by atomic mass is 10.2. The summed E-state index contributed by atoms with van der Waals surface area (Å²) in [5.74, 6) is 1.13. The fourth-order valence-corrected chi connectivity index (χ4v) is 3.05. The highest BCUT2D eigenvalue weighted by molar-refractivity contribution is 7.99. The van der Waals surface area contributed by atoms with Gasteiger partial charge in [0.1, 0.15) is 12.4 Å². The van der Waals surface area contributed by atoms with Crippen LogP contribution in [0.3, 0.4) is 0 Å². The normalized spacial score (nSPS) is 10.5. The molecule has 0 unspecified atom stereocenters. The molecule has 0 aliphatic carbocycles. The predicted octanol–water partition coefficient (Wildman–Crippen LogP) is 3.52. The summed E-state index contributed by atoms with van der Waals surface area (Å²) < 4.78 is 7.27. The Labute approximate surface area is 144 Å². The summed E-state index contributed by atoms with van der Waals surface area (Å²) in [6.07, 6.45) is 0. The van der Waals surface area contributed by atoms with Gasteiger partial charge in [-0.3, -0.25) is 4.57 Å². The van der Waals surface area contributed by atoms with E-state index in [2.05, 4.69) is 10.2 Å². The second kappa shape index (κ2) is 7.79. The molecule has 1 aromatic heterocycles. The highest BCUT2D eigenvalue weighted by atomic mass is 32.2. The molecule has 0 N–H and O–H groups in total. The van der Waals surface area contributed by atoms with Gasteiger partial charge >= 0.3 is 5.97 Å². The number of hydrogen-bond donors (Lipinski definition) is 0. The summed E-state index contributed by atoms with van der Waals surface area (Å²) >= 11 is 1.51. The molecule has 122 valence electrons. The second-order valence-electron chi connectivity index (χ2n) is 5.05. The van der Waals surface area contributed by atoms with E-state index in [1.165, 1.54) is 11.8 Å². The van der Waals surface area contributed by atoms with Crippen LogP contribution in [0.15, 0.2) is 65.8 Å². The van der Waals surface area contributed by atoms with Crippen LogP contribution in [0.1, 0.15) is 16.2 Å². The molecule has 0 amide bonds. The zero-order valence-corrected chi connectivity index (χ0v) is 14.1. The molecule has 1 heterocycles. The Balaban J connectivity index is 1.57. The number of hydrogen-bond acceptors (Lipinski definition) is 5. The number of aromatic nitrogens is 3. The lowest BCUT2D eigenvalue weighted by Crippen LogP contribution is -2.08. The minimum Gasteiger partial charge on any atom is -0.461 e. The van der Waals surface area contributed by atoms with E-state index in [4.69, 9.17) is 4.74 Å². The molecule has 0 saturated heterocycles. The summed E-state index contributed by atoms with van der Waals surface area (Å²) in [5.41, 5.74) is 1.58. The van der Waals surface area contributed by atoms with Crippen molar-refractivity contribution >= 4 is 17.7 Å². The summed E-state index contributed by atoms with van der Waals surface area (Å²) in [4.78, 5) is 11.9. The number of aryl methyl sites for hydroxylation is 1. The van der Waals surface area contributed by atoms with E-state index in [9.17, 15) is 4.79 Å². The fraction of sp³-hybridized carbons (Fsp3) is 0.167. The van der Waals surface area contributed by atoms with Crippen LogP contribution >= 0.6 is 11.8 Å². The van der Waals surface area contributed by atoms with Gasteiger partial charge in [-0.2, -0.15) is 0 Å². The van der Waals surface area contributed by atoms with Crippen LogP contribution in [0.25, 0.3) is 5.69 Å². The summed E-state index contributed by atoms with van der Waals surface area (Å²) in [7, 11) is 0. The smallest absolute Gasteiger partial charge is 0.338 e. The number of rotatable bonds is 6. The quantitative estimate of drug-likeness (QED) is 0.391. The van der Waals surface area contributed by atoms with E-state index in [0.29, 0.717) is 17.9 Å². The van der Waals surface area contributed by atoms with Gasteiger partial charge in [0.2, 0.25) is 0 Å². The molecular formula is C18H17N3O2S. The number of esters is 1. The van der Waals surface area contributed by atoms with Gasteiger partial charge in [0.15, 0.2) is 5.16 Å². The van der Waals surface area contributed by atoms with Crippen LogP contribution in [0.2, 0.25) is 0 Å². The predicted molar refractivity (Wildman–Crippen MR) is 93.5 cm³/mol. The molecule has 6 heteroatoms. The summed E-state index contributed by atoms with van der Waals surface area (Å²) in [6, 6.07) is 18.9. The van der Waals surface area contributed by atoms with E-state index in [1.807, 2.05) is 60.0 Å². The van der Waals surface area contributed by atoms with Crippen molar-refractivity contribution in [1.29, 1.82) is 0 Å². The van der Waals surface area contributed by atoms with Crippen molar-refractivity contribution in [2.75, 3.05) is 12.4 Å². The highest BCUT2D eigenvalue weighted by Gasteiger charge is 2.12. The average molecular weight is 339 g/mol. The summed E-state index contributed by atoms with van der Waals surface area (Å²) in [5, 5.41) is 9.13. The van der Waals surface area contributed by atoms with Crippen molar-refractivity contribution in [3.8, 4) is 5.69 Å². The number of carbonyl (C=O) groups excluding carboxylic acids is 1. The maximum Gasteiger partial charge on any atom is 0.338 e. The Morgan fingerprint density at radius 3 is 2.42 bits per heavy atom. The zero-order valence-electron chi connectivity index (χ0n) is 13.3. The maximum atomic E-state index is 11.9. The molecule has 0 bridgehead atoms. The molecule has 3 rings (SSSR count). The van der Waals surface area contributed by atoms with Gasteiger partial charge in [0, 0.05) is 11.4 Å². The van der Waals surface area contributed by atoms with Crippen LogP contribution in [0, 0.1) is 6.92 Å². The Morgan fingerprint density at radius 1 is 1.04 bits per heavy atom. The molecule has 2 aromatic carbocycles. The van der Waals surface area contributed by atoms with Gasteiger partial charge in [-0.15, -0.1) is 10.2 Å². The SMILES string of the molecule is Cc1nnc(SCCOC(=O)c2ccccc2)n1-c1ccccc1. The number of benzene rings is 2. The fourth-order valence-electron chi connectivity index (χ4n) is 2.24. The van der Waals surface area contributed by atoms with Gasteiger partial charge in [0.05, 0.1) is 5.56 Å². The van der Waals surface area contributed by atoms with Gasteiger partial charge in [0.25, 0.3) is 0 Å². The molecule has 0 spiro atoms. The first-order valence-electron chi connectivity index (χ1n) is 7.58. The van der Waals surface area contributed by atoms with Crippen molar-refractivity contribution in [2.24, 2.45) is 0 Å². The molecule has 0 saturated carbocycles. The van der Waals surface area contributed by atoms with Crippen LogP contribution < -0.4 is 0 Å². The lowest BCUT2D eigenvalue weighted by molar-refractivity contribution is 0.0530. The molecule has 0 atom stereocenters. The molecule has 3 aromatic rings. The van der Waals surface area contributed by atoms with Crippen molar-refractivity contribution in [3.05, 3.63) is 72.1 Å². The Kier molecular flexibility index (Phi) is 5.28. The Morgan fingerprint density at radius 2 is 1.71 bits per heavy atom. The third-order valence-corrected chi connectivity index (χ3v) is 4.26. The molecule has 5 nitrogen and oxygen atoms in total. The standard InChI is InChI=1S/C18H17N3O2S/c1-14-19-20-18(21(14)16-10-6-3-7-11-16)24-13-12-23-17(22)15-8-4-2-5-9-15/h2-11H,12-13H2,1H3. The van der Waals surface area contributed by atoms with Gasteiger partial charge in [-0.05, 0) is 31.2 Å². The number of thioether (sulfide) groups is 1. The van der Waals surface area contributed by atoms with Crippen LogP contribution in [-0.2, 0) is 4.74 Å². The number of nitrogens with zero attached hydrogens (tertiary/aromatic N) is 3. The monoisotopic (exact) mass is 339 g/mol. The van der Waals surface area contributed by atoms with Gasteiger partial charge in [-0.1, -0.05) is 48.2 Å². The highest BCUT2D eigenvalue weighted by Crippen LogP contribution is 2.21. The number of ether oxygens (including phenoxy) is 1. The Bertz CT molecular complexity index is 804. The first-order chi connectivity index (χ1) is 11.8. The molecular weight excluding hydrogens is 322 g/mol. The first-order valence-corrected chi connectivity index (χ1v) is 8.56. The van der Waals surface area contributed by atoms with E-state index >= 15 is 0 Å². The number of carbonyl (C=O) groups is 1. The summed E-state index contributed by atoms with van der Waals surface area (Å²) in [6.45, 7) is 2.23. The van der Waals surface area contributed by atoms with E-state index in [0.717, 1.165) is 16.7 Å². The van der Waals surface area contributed by atoms with Crippen LogP contribution in [-0.4, -0.2) is 33.1 Å². The maximum absolute atomic E-state index is 11.9. The molecule has 0 radical (unpaired) electrons. The largest absolute Gasteiger partial charge is 0.461 e. The van der Waals surface area contributed by atoms with Crippen molar-refractivity contribution < 1.29 is 9.53 Å². The van der Waals surface area contributed by atoms with Gasteiger partial charge in [-0.25, -0.2) is 4.79 Å². The minimum atomic E-state index is -0.308. The molecule has 0 aliphatic rings. The van der Waals surface area contributed by atoms with Crippen LogP contribution in [0.5, 0.6) is 0 Å².